The van der Waals surface area contributed by atoms with Gasteiger partial charge in [0.25, 0.3) is 0 Å². The molecule has 1 aromatic carbocycles. The minimum absolute atomic E-state index is 0.0114. The Balaban J connectivity index is 2.95. The van der Waals surface area contributed by atoms with Crippen LogP contribution in [0.15, 0.2) is 24.8 Å². The number of ether oxygens (including phenoxy) is 2. The Hall–Kier alpha value is -1.84. The lowest BCUT2D eigenvalue weighted by Gasteiger charge is -2.07. The van der Waals surface area contributed by atoms with Crippen LogP contribution in [0.25, 0.3) is 5.76 Å². The zero-order valence-electron chi connectivity index (χ0n) is 8.54. The molecule has 0 aliphatic rings. The summed E-state index contributed by atoms with van der Waals surface area (Å²) in [6.45, 7) is 4.69. The second-order valence-electron chi connectivity index (χ2n) is 2.86. The van der Waals surface area contributed by atoms with Crippen LogP contribution in [0.4, 0.5) is 4.39 Å². The van der Waals surface area contributed by atoms with Gasteiger partial charge in [0.2, 0.25) is 0 Å². The summed E-state index contributed by atoms with van der Waals surface area (Å²) in [5.74, 6) is -0.689. The van der Waals surface area contributed by atoms with Crippen LogP contribution >= 0.6 is 0 Å². The molecule has 0 radical (unpaired) electrons. The molecule has 0 spiro atoms. The fourth-order valence-corrected chi connectivity index (χ4v) is 1.08. The van der Waals surface area contributed by atoms with E-state index in [0.717, 1.165) is 0 Å². The first-order valence-corrected chi connectivity index (χ1v) is 4.26. The topological polar surface area (TPSA) is 35.5 Å². The maximum Gasteiger partial charge on any atom is 0.308 e. The largest absolute Gasteiger partial charge is 0.497 e. The normalized spacial score (nSPS) is 9.53. The Labute approximate surface area is 87.1 Å². The van der Waals surface area contributed by atoms with Crippen molar-refractivity contribution in [2.45, 2.75) is 6.92 Å². The molecule has 0 amide bonds. The van der Waals surface area contributed by atoms with E-state index >= 15 is 0 Å². The van der Waals surface area contributed by atoms with Gasteiger partial charge in [0.1, 0.15) is 17.3 Å². The highest BCUT2D eigenvalue weighted by Gasteiger charge is 2.09. The van der Waals surface area contributed by atoms with Crippen LogP contribution in [0.5, 0.6) is 5.75 Å². The lowest BCUT2D eigenvalue weighted by molar-refractivity contribution is -0.134. The highest BCUT2D eigenvalue weighted by Crippen LogP contribution is 2.22. The fourth-order valence-electron chi connectivity index (χ4n) is 1.08. The van der Waals surface area contributed by atoms with Crippen LogP contribution in [0.1, 0.15) is 12.5 Å². The number of hydrogen-bond donors (Lipinski definition) is 0. The summed E-state index contributed by atoms with van der Waals surface area (Å²) >= 11 is 0. The maximum atomic E-state index is 13.4. The number of esters is 1. The van der Waals surface area contributed by atoms with Crippen LogP contribution in [-0.2, 0) is 9.53 Å². The van der Waals surface area contributed by atoms with E-state index in [9.17, 15) is 9.18 Å². The number of benzene rings is 1. The van der Waals surface area contributed by atoms with Crippen LogP contribution < -0.4 is 4.74 Å². The molecule has 0 N–H and O–H groups in total. The zero-order valence-corrected chi connectivity index (χ0v) is 8.54. The number of carbonyl (C=O) groups excluding carboxylic acids is 1. The third kappa shape index (κ3) is 2.80. The summed E-state index contributed by atoms with van der Waals surface area (Å²) in [6, 6.07) is 4.20. The molecule has 0 bridgehead atoms. The first-order chi connectivity index (χ1) is 7.04. The van der Waals surface area contributed by atoms with Gasteiger partial charge >= 0.3 is 5.97 Å². The number of carbonyl (C=O) groups is 1. The van der Waals surface area contributed by atoms with Crippen LogP contribution in [0.3, 0.4) is 0 Å². The molecule has 0 saturated carbocycles. The summed E-state index contributed by atoms with van der Waals surface area (Å²) in [6.07, 6.45) is 0. The molecule has 1 rings (SSSR count). The molecule has 4 heteroatoms. The van der Waals surface area contributed by atoms with Crippen molar-refractivity contribution in [1.29, 1.82) is 0 Å². The van der Waals surface area contributed by atoms with Gasteiger partial charge in [0.15, 0.2) is 0 Å². The van der Waals surface area contributed by atoms with Crippen molar-refractivity contribution in [3.05, 3.63) is 36.2 Å². The third-order valence-electron chi connectivity index (χ3n) is 1.74. The van der Waals surface area contributed by atoms with Crippen LogP contribution in [-0.4, -0.2) is 13.1 Å². The third-order valence-corrected chi connectivity index (χ3v) is 1.74. The van der Waals surface area contributed by atoms with Crippen molar-refractivity contribution in [3.63, 3.8) is 0 Å². The first-order valence-electron chi connectivity index (χ1n) is 4.26. The number of hydrogen-bond acceptors (Lipinski definition) is 3. The van der Waals surface area contributed by atoms with Gasteiger partial charge in [-0.05, 0) is 12.1 Å². The van der Waals surface area contributed by atoms with Crippen molar-refractivity contribution in [1.82, 2.24) is 0 Å². The molecular weight excluding hydrogens is 199 g/mol. The van der Waals surface area contributed by atoms with Gasteiger partial charge < -0.3 is 9.47 Å². The summed E-state index contributed by atoms with van der Waals surface area (Å²) in [4.78, 5) is 10.6. The van der Waals surface area contributed by atoms with E-state index in [-0.39, 0.29) is 11.3 Å². The van der Waals surface area contributed by atoms with Crippen molar-refractivity contribution < 1.29 is 18.7 Å². The highest BCUT2D eigenvalue weighted by molar-refractivity contribution is 5.75. The molecule has 0 atom stereocenters. The average molecular weight is 210 g/mol. The van der Waals surface area contributed by atoms with E-state index in [1.165, 1.54) is 26.2 Å². The molecule has 0 aromatic heterocycles. The standard InChI is InChI=1S/C11H11FO3/c1-7(15-8(2)13)10-5-4-9(14-3)6-11(10)12/h4-6H,1H2,2-3H3. The minimum Gasteiger partial charge on any atom is -0.497 e. The number of methoxy groups -OCH3 is 1. The van der Waals surface area contributed by atoms with Gasteiger partial charge in [-0.15, -0.1) is 0 Å². The van der Waals surface area contributed by atoms with Crippen molar-refractivity contribution >= 4 is 11.7 Å². The lowest BCUT2D eigenvalue weighted by Crippen LogP contribution is -1.99. The summed E-state index contributed by atoms with van der Waals surface area (Å²) in [7, 11) is 1.44. The molecule has 3 nitrogen and oxygen atoms in total. The second-order valence-corrected chi connectivity index (χ2v) is 2.86. The molecule has 0 heterocycles. The quantitative estimate of drug-likeness (QED) is 0.567. The predicted molar refractivity (Wildman–Crippen MR) is 53.8 cm³/mol. The van der Waals surface area contributed by atoms with Gasteiger partial charge in [0.05, 0.1) is 12.7 Å². The van der Waals surface area contributed by atoms with E-state index < -0.39 is 11.8 Å². The highest BCUT2D eigenvalue weighted by atomic mass is 19.1. The van der Waals surface area contributed by atoms with Gasteiger partial charge in [-0.2, -0.15) is 0 Å². The molecule has 0 aliphatic carbocycles. The predicted octanol–water partition coefficient (Wildman–Crippen LogP) is 2.37. The first kappa shape index (κ1) is 11.2. The monoisotopic (exact) mass is 210 g/mol. The van der Waals surface area contributed by atoms with Crippen LogP contribution in [0.2, 0.25) is 0 Å². The van der Waals surface area contributed by atoms with Crippen molar-refractivity contribution in [2.24, 2.45) is 0 Å². The zero-order chi connectivity index (χ0) is 11.4. The fraction of sp³-hybridized carbons (Fsp3) is 0.182. The van der Waals surface area contributed by atoms with E-state index in [0.29, 0.717) is 5.75 Å². The Morgan fingerprint density at radius 3 is 2.60 bits per heavy atom. The molecule has 15 heavy (non-hydrogen) atoms. The van der Waals surface area contributed by atoms with Crippen molar-refractivity contribution in [2.75, 3.05) is 7.11 Å². The number of rotatable bonds is 3. The van der Waals surface area contributed by atoms with E-state index in [1.54, 1.807) is 6.07 Å². The molecule has 0 unspecified atom stereocenters. The Kier molecular flexibility index (Phi) is 3.44. The van der Waals surface area contributed by atoms with Gasteiger partial charge in [-0.25, -0.2) is 4.39 Å². The Morgan fingerprint density at radius 1 is 1.47 bits per heavy atom. The van der Waals surface area contributed by atoms with Gasteiger partial charge in [-0.1, -0.05) is 6.58 Å². The summed E-state index contributed by atoms with van der Waals surface area (Å²) in [5, 5.41) is 0. The molecule has 0 fully saturated rings. The molecule has 0 saturated heterocycles. The van der Waals surface area contributed by atoms with Crippen molar-refractivity contribution in [3.8, 4) is 5.75 Å². The summed E-state index contributed by atoms with van der Waals surface area (Å²) in [5.41, 5.74) is 0.144. The Bertz CT molecular complexity index is 399. The lowest BCUT2D eigenvalue weighted by atomic mass is 10.2. The van der Waals surface area contributed by atoms with E-state index in [2.05, 4.69) is 11.3 Å². The van der Waals surface area contributed by atoms with E-state index in [4.69, 9.17) is 4.74 Å². The Morgan fingerprint density at radius 2 is 2.13 bits per heavy atom. The SMILES string of the molecule is C=C(OC(C)=O)c1ccc(OC)cc1F. The van der Waals surface area contributed by atoms with E-state index in [1.807, 2.05) is 0 Å². The number of halogens is 1. The second kappa shape index (κ2) is 4.59. The smallest absolute Gasteiger partial charge is 0.308 e. The molecule has 80 valence electrons. The molecule has 0 aliphatic heterocycles. The minimum atomic E-state index is -0.541. The molecular formula is C11H11FO3. The van der Waals surface area contributed by atoms with Gasteiger partial charge in [0, 0.05) is 13.0 Å². The maximum absolute atomic E-state index is 13.4. The van der Waals surface area contributed by atoms with Crippen LogP contribution in [0, 0.1) is 5.82 Å². The molecule has 1 aromatic rings. The average Bonchev–Trinajstić information content (AvgIpc) is 2.16. The van der Waals surface area contributed by atoms with Gasteiger partial charge in [-0.3, -0.25) is 4.79 Å². The summed E-state index contributed by atoms with van der Waals surface area (Å²) < 4.78 is 22.9.